The lowest BCUT2D eigenvalue weighted by Crippen LogP contribution is -2.15. The minimum Gasteiger partial charge on any atom is -0.454 e. The lowest BCUT2D eigenvalue weighted by molar-refractivity contribution is 0.438. The van der Waals surface area contributed by atoms with Crippen molar-refractivity contribution in [2.45, 2.75) is 19.4 Å². The second kappa shape index (κ2) is 7.64. The summed E-state index contributed by atoms with van der Waals surface area (Å²) in [7, 11) is 1.66. The average molecular weight is 436 g/mol. The zero-order valence-electron chi connectivity index (χ0n) is 17.1. The number of hydrogen-bond acceptors (Lipinski definition) is 3. The van der Waals surface area contributed by atoms with Gasteiger partial charge >= 0.3 is 0 Å². The molecular formula is C24H18F2N2O2S. The van der Waals surface area contributed by atoms with Gasteiger partial charge in [-0.3, -0.25) is 4.79 Å². The summed E-state index contributed by atoms with van der Waals surface area (Å²) in [5.41, 5.74) is 1.18. The number of thiophene rings is 1. The smallest absolute Gasteiger partial charge is 0.268 e. The van der Waals surface area contributed by atoms with Gasteiger partial charge in [0.15, 0.2) is 11.6 Å². The van der Waals surface area contributed by atoms with Crippen molar-refractivity contribution in [1.29, 1.82) is 0 Å². The summed E-state index contributed by atoms with van der Waals surface area (Å²) in [6.07, 6.45) is 1.70. The van der Waals surface area contributed by atoms with Crippen LogP contribution in [0.4, 0.5) is 8.78 Å². The van der Waals surface area contributed by atoms with Gasteiger partial charge in [-0.15, -0.1) is 11.3 Å². The molecule has 4 aromatic rings. The van der Waals surface area contributed by atoms with Crippen molar-refractivity contribution in [3.63, 3.8) is 0 Å². The molecule has 0 aliphatic rings. The molecular weight excluding hydrogens is 418 g/mol. The van der Waals surface area contributed by atoms with Gasteiger partial charge in [0.05, 0.1) is 0 Å². The summed E-state index contributed by atoms with van der Waals surface area (Å²) >= 11 is 1.34. The average Bonchev–Trinajstić information content (AvgIpc) is 3.23. The summed E-state index contributed by atoms with van der Waals surface area (Å²) in [6.45, 7) is 11.1. The number of rotatable bonds is 4. The summed E-state index contributed by atoms with van der Waals surface area (Å²) in [4.78, 5) is 16.2. The topological polar surface area (TPSA) is 35.6 Å². The summed E-state index contributed by atoms with van der Waals surface area (Å²) < 4.78 is 35.5. The molecule has 0 aliphatic heterocycles. The molecule has 0 aliphatic carbocycles. The Labute approximate surface area is 181 Å². The summed E-state index contributed by atoms with van der Waals surface area (Å²) in [6, 6.07) is 10.2. The largest absolute Gasteiger partial charge is 0.454 e. The van der Waals surface area contributed by atoms with E-state index >= 15 is 0 Å². The van der Waals surface area contributed by atoms with Crippen LogP contribution in [-0.2, 0) is 12.6 Å². The molecule has 0 fully saturated rings. The van der Waals surface area contributed by atoms with E-state index in [9.17, 15) is 13.6 Å². The standard InChI is InChI=1S/C24H18F2N2O2S/c1-24(2,27-3)14-5-7-20(30-21-8-6-15(25)12-19(21)26)17(11-14)18-13-28(4)23(29)22-16(18)9-10-31-22/h5-13H,1-2,4H3. The predicted octanol–water partition coefficient (Wildman–Crippen LogP) is 6.49. The zero-order chi connectivity index (χ0) is 22.3. The molecule has 2 heterocycles. The van der Waals surface area contributed by atoms with Crippen LogP contribution in [0.25, 0.3) is 26.1 Å². The highest BCUT2D eigenvalue weighted by Crippen LogP contribution is 2.41. The van der Waals surface area contributed by atoms with Crippen LogP contribution in [0.15, 0.2) is 58.8 Å². The highest BCUT2D eigenvalue weighted by Gasteiger charge is 2.28. The number of nitrogens with zero attached hydrogens (tertiary/aromatic N) is 2. The van der Waals surface area contributed by atoms with Crippen LogP contribution in [0.5, 0.6) is 11.5 Å². The number of fused-ring (bicyclic) bond motifs is 1. The Bertz CT molecular complexity index is 1410. The fraction of sp³-hybridized carbons (Fsp3) is 0.167. The first-order chi connectivity index (χ1) is 14.7. The third kappa shape index (κ3) is 3.71. The van der Waals surface area contributed by atoms with Gasteiger partial charge < -0.3 is 14.1 Å². The molecule has 2 aromatic heterocycles. The minimum absolute atomic E-state index is 0.113. The van der Waals surface area contributed by atoms with E-state index in [-0.39, 0.29) is 11.3 Å². The number of hydrogen-bond donors (Lipinski definition) is 0. The number of aromatic nitrogens is 1. The maximum Gasteiger partial charge on any atom is 0.268 e. The van der Waals surface area contributed by atoms with Crippen LogP contribution in [0.3, 0.4) is 0 Å². The molecule has 156 valence electrons. The Morgan fingerprint density at radius 2 is 1.81 bits per heavy atom. The van der Waals surface area contributed by atoms with Gasteiger partial charge in [-0.05, 0) is 41.8 Å². The van der Waals surface area contributed by atoms with E-state index in [1.807, 2.05) is 17.5 Å². The zero-order valence-corrected chi connectivity index (χ0v) is 17.9. The Balaban J connectivity index is 1.98. The van der Waals surface area contributed by atoms with Gasteiger partial charge in [0.1, 0.15) is 16.3 Å². The molecule has 7 heteroatoms. The van der Waals surface area contributed by atoms with Crippen LogP contribution in [0.2, 0.25) is 0 Å². The van der Waals surface area contributed by atoms with Crippen LogP contribution in [0.1, 0.15) is 19.4 Å². The number of pyridine rings is 1. The summed E-state index contributed by atoms with van der Waals surface area (Å²) in [5, 5.41) is 2.58. The van der Waals surface area contributed by atoms with Gasteiger partial charge in [-0.25, -0.2) is 15.4 Å². The second-order valence-electron chi connectivity index (χ2n) is 7.68. The van der Waals surface area contributed by atoms with Gasteiger partial charge in [0.2, 0.25) is 0 Å². The number of benzene rings is 2. The van der Waals surface area contributed by atoms with Crippen molar-refractivity contribution in [3.05, 3.63) is 93.0 Å². The van der Waals surface area contributed by atoms with Gasteiger partial charge in [-0.1, -0.05) is 0 Å². The number of ether oxygens (including phenoxy) is 1. The van der Waals surface area contributed by atoms with E-state index in [4.69, 9.17) is 11.3 Å². The van der Waals surface area contributed by atoms with Gasteiger partial charge in [0, 0.05) is 55.2 Å². The molecule has 0 spiro atoms. The first-order valence-corrected chi connectivity index (χ1v) is 10.3. The van der Waals surface area contributed by atoms with Gasteiger partial charge in [-0.2, -0.15) is 0 Å². The Kier molecular flexibility index (Phi) is 5.11. The molecule has 0 N–H and O–H groups in total. The first-order valence-electron chi connectivity index (χ1n) is 9.44. The maximum atomic E-state index is 14.3. The van der Waals surface area contributed by atoms with Crippen LogP contribution in [0, 0.1) is 18.2 Å². The predicted molar refractivity (Wildman–Crippen MR) is 119 cm³/mol. The first kappa shape index (κ1) is 20.8. The Morgan fingerprint density at radius 3 is 2.52 bits per heavy atom. The van der Waals surface area contributed by atoms with Crippen molar-refractivity contribution in [2.75, 3.05) is 0 Å². The molecule has 2 aromatic carbocycles. The molecule has 0 amide bonds. The monoisotopic (exact) mass is 436 g/mol. The van der Waals surface area contributed by atoms with Crippen LogP contribution in [-0.4, -0.2) is 4.57 Å². The van der Waals surface area contributed by atoms with Crippen molar-refractivity contribution >= 4 is 21.4 Å². The molecule has 0 saturated heterocycles. The van der Waals surface area contributed by atoms with Crippen LogP contribution < -0.4 is 10.3 Å². The Hall–Kier alpha value is -3.50. The molecule has 31 heavy (non-hydrogen) atoms. The highest BCUT2D eigenvalue weighted by atomic mass is 32.1. The summed E-state index contributed by atoms with van der Waals surface area (Å²) in [5.74, 6) is -1.30. The van der Waals surface area contributed by atoms with Crippen molar-refractivity contribution in [1.82, 2.24) is 4.57 Å². The van der Waals surface area contributed by atoms with Crippen molar-refractivity contribution in [2.24, 2.45) is 7.05 Å². The number of halogens is 2. The fourth-order valence-corrected chi connectivity index (χ4v) is 4.22. The van der Waals surface area contributed by atoms with E-state index in [0.717, 1.165) is 28.6 Å². The van der Waals surface area contributed by atoms with E-state index in [0.29, 0.717) is 16.0 Å². The van der Waals surface area contributed by atoms with Crippen LogP contribution >= 0.6 is 11.3 Å². The van der Waals surface area contributed by atoms with E-state index < -0.39 is 17.2 Å². The van der Waals surface area contributed by atoms with Crippen molar-refractivity contribution in [3.8, 4) is 22.6 Å². The fourth-order valence-electron chi connectivity index (χ4n) is 3.33. The quantitative estimate of drug-likeness (QED) is 0.343. The lowest BCUT2D eigenvalue weighted by atomic mass is 9.91. The SMILES string of the molecule is [C-]#[N+]C(C)(C)c1ccc(Oc2ccc(F)cc2F)c(-c2cn(C)c(=O)c3sccc23)c1. The molecule has 0 unspecified atom stereocenters. The highest BCUT2D eigenvalue weighted by molar-refractivity contribution is 7.17. The molecule has 0 radical (unpaired) electrons. The lowest BCUT2D eigenvalue weighted by Gasteiger charge is -2.18. The molecule has 0 bridgehead atoms. The molecule has 4 nitrogen and oxygen atoms in total. The molecule has 0 atom stereocenters. The molecule has 4 rings (SSSR count). The molecule has 0 saturated carbocycles. The second-order valence-corrected chi connectivity index (χ2v) is 8.60. The van der Waals surface area contributed by atoms with E-state index in [1.165, 1.54) is 22.0 Å². The van der Waals surface area contributed by atoms with E-state index in [2.05, 4.69) is 4.85 Å². The maximum absolute atomic E-state index is 14.3. The third-order valence-electron chi connectivity index (χ3n) is 5.16. The Morgan fingerprint density at radius 1 is 1.06 bits per heavy atom. The van der Waals surface area contributed by atoms with Crippen molar-refractivity contribution < 1.29 is 13.5 Å². The van der Waals surface area contributed by atoms with E-state index in [1.54, 1.807) is 39.2 Å². The third-order valence-corrected chi connectivity index (χ3v) is 6.06. The minimum atomic E-state index is -0.822. The normalized spacial score (nSPS) is 11.5. The number of aryl methyl sites for hydroxylation is 1. The van der Waals surface area contributed by atoms with Gasteiger partial charge in [0.25, 0.3) is 11.1 Å².